The Morgan fingerprint density at radius 2 is 1.68 bits per heavy atom. The van der Waals surface area contributed by atoms with Crippen LogP contribution in [0.5, 0.6) is 0 Å². The number of hydrogen-bond acceptors (Lipinski definition) is 6. The summed E-state index contributed by atoms with van der Waals surface area (Å²) < 4.78 is 45.9. The second kappa shape index (κ2) is 10.9. The monoisotopic (exact) mass is 547 g/mol. The number of aromatic nitrogens is 4. The Balaban J connectivity index is 1.45. The first-order valence-corrected chi connectivity index (χ1v) is 11.6. The number of imidazole rings is 1. The Morgan fingerprint density at radius 3 is 2.37 bits per heavy atom. The molecule has 3 N–H and O–H groups in total. The predicted octanol–water partition coefficient (Wildman–Crippen LogP) is 6.34. The van der Waals surface area contributed by atoms with Gasteiger partial charge in [0.2, 0.25) is 0 Å². The van der Waals surface area contributed by atoms with Gasteiger partial charge in [0.05, 0.1) is 17.2 Å². The smallest absolute Gasteiger partial charge is 0.417 e. The molecule has 4 rings (SSSR count). The molecular formula is C24H21ClF3N7O3. The minimum atomic E-state index is -4.66. The van der Waals surface area contributed by atoms with E-state index in [0.29, 0.717) is 22.5 Å². The van der Waals surface area contributed by atoms with E-state index in [1.807, 2.05) is 13.8 Å². The van der Waals surface area contributed by atoms with Crippen molar-refractivity contribution in [2.24, 2.45) is 5.92 Å². The van der Waals surface area contributed by atoms with Crippen molar-refractivity contribution in [3.05, 3.63) is 65.7 Å². The topological polar surface area (TPSA) is 123 Å². The summed E-state index contributed by atoms with van der Waals surface area (Å²) in [6.07, 6.45) is -2.54. The lowest BCUT2D eigenvalue weighted by Gasteiger charge is -2.12. The Hall–Kier alpha value is -4.39. The van der Waals surface area contributed by atoms with Crippen molar-refractivity contribution in [1.82, 2.24) is 19.5 Å². The molecule has 0 bridgehead atoms. The largest absolute Gasteiger partial charge is 0.449 e. The molecule has 0 spiro atoms. The lowest BCUT2D eigenvalue weighted by atomic mass is 10.2. The SMILES string of the molecule is CC(C)COC(=O)Nc1ncnc2c1ncn2-c1ccc(NC(=O)Nc2ccc(Cl)c(C(F)(F)F)c2)cc1. The quantitative estimate of drug-likeness (QED) is 0.259. The van der Waals surface area contributed by atoms with E-state index in [1.54, 1.807) is 28.8 Å². The molecule has 38 heavy (non-hydrogen) atoms. The number of anilines is 3. The maximum Gasteiger partial charge on any atom is 0.417 e. The van der Waals surface area contributed by atoms with Crippen LogP contribution in [0.4, 0.5) is 40.0 Å². The number of nitrogens with one attached hydrogen (secondary N) is 3. The molecule has 0 fully saturated rings. The van der Waals surface area contributed by atoms with Gasteiger partial charge in [-0.1, -0.05) is 25.4 Å². The van der Waals surface area contributed by atoms with Gasteiger partial charge in [-0.2, -0.15) is 13.2 Å². The summed E-state index contributed by atoms with van der Waals surface area (Å²) in [6, 6.07) is 8.86. The van der Waals surface area contributed by atoms with Gasteiger partial charge in [0.15, 0.2) is 17.0 Å². The molecule has 0 saturated heterocycles. The number of carbonyl (C=O) groups excluding carboxylic acids is 2. The summed E-state index contributed by atoms with van der Waals surface area (Å²) in [6.45, 7) is 4.08. The molecule has 0 aliphatic carbocycles. The molecule has 0 unspecified atom stereocenters. The summed E-state index contributed by atoms with van der Waals surface area (Å²) in [5.74, 6) is 0.363. The maximum atomic E-state index is 13.0. The number of benzene rings is 2. The third kappa shape index (κ3) is 6.29. The standard InChI is InChI=1S/C24H21ClF3N7O3/c1-13(2)10-38-23(37)34-20-19-21(30-11-29-20)35(12-31-19)16-6-3-14(4-7-16)32-22(36)33-15-5-8-18(25)17(9-15)24(26,27)28/h3-9,11-13H,10H2,1-2H3,(H2,32,33,36)(H,29,30,34,37). The summed E-state index contributed by atoms with van der Waals surface area (Å²) >= 11 is 5.61. The van der Waals surface area contributed by atoms with E-state index in [4.69, 9.17) is 16.3 Å². The summed E-state index contributed by atoms with van der Waals surface area (Å²) in [5.41, 5.74) is 0.655. The number of fused-ring (bicyclic) bond motifs is 1. The van der Waals surface area contributed by atoms with Crippen LogP contribution < -0.4 is 16.0 Å². The number of nitrogens with zero attached hydrogens (tertiary/aromatic N) is 4. The first kappa shape index (κ1) is 26.7. The van der Waals surface area contributed by atoms with Crippen molar-refractivity contribution < 1.29 is 27.5 Å². The Kier molecular flexibility index (Phi) is 7.67. The average Bonchev–Trinajstić information content (AvgIpc) is 3.29. The van der Waals surface area contributed by atoms with E-state index >= 15 is 0 Å². The molecule has 0 saturated carbocycles. The van der Waals surface area contributed by atoms with Gasteiger partial charge < -0.3 is 15.4 Å². The van der Waals surface area contributed by atoms with Gasteiger partial charge in [0.25, 0.3) is 0 Å². The first-order valence-electron chi connectivity index (χ1n) is 11.2. The van der Waals surface area contributed by atoms with Gasteiger partial charge >= 0.3 is 18.3 Å². The zero-order chi connectivity index (χ0) is 27.4. The Morgan fingerprint density at radius 1 is 1.00 bits per heavy atom. The number of carbonyl (C=O) groups is 2. The molecule has 4 aromatic rings. The lowest BCUT2D eigenvalue weighted by molar-refractivity contribution is -0.137. The molecule has 2 heterocycles. The van der Waals surface area contributed by atoms with E-state index in [9.17, 15) is 22.8 Å². The van der Waals surface area contributed by atoms with Crippen LogP contribution in [-0.4, -0.2) is 38.3 Å². The number of alkyl halides is 3. The van der Waals surface area contributed by atoms with Crippen LogP contribution in [0, 0.1) is 5.92 Å². The molecule has 0 radical (unpaired) electrons. The van der Waals surface area contributed by atoms with Crippen molar-refractivity contribution in [2.75, 3.05) is 22.6 Å². The molecule has 0 aliphatic heterocycles. The number of hydrogen-bond donors (Lipinski definition) is 3. The van der Waals surface area contributed by atoms with E-state index in [1.165, 1.54) is 18.7 Å². The van der Waals surface area contributed by atoms with Crippen LogP contribution in [0.2, 0.25) is 5.02 Å². The van der Waals surface area contributed by atoms with E-state index in [-0.39, 0.29) is 24.0 Å². The van der Waals surface area contributed by atoms with Crippen LogP contribution in [0.1, 0.15) is 19.4 Å². The van der Waals surface area contributed by atoms with Crippen LogP contribution in [0.3, 0.4) is 0 Å². The number of amides is 3. The molecule has 2 aromatic heterocycles. The number of ether oxygens (including phenoxy) is 1. The molecule has 10 nitrogen and oxygen atoms in total. The maximum absolute atomic E-state index is 13.0. The molecule has 2 aromatic carbocycles. The van der Waals surface area contributed by atoms with Gasteiger partial charge in [-0.25, -0.2) is 24.5 Å². The van der Waals surface area contributed by atoms with E-state index in [0.717, 1.165) is 12.1 Å². The lowest BCUT2D eigenvalue weighted by Crippen LogP contribution is -2.20. The van der Waals surface area contributed by atoms with E-state index < -0.39 is 28.9 Å². The van der Waals surface area contributed by atoms with Crippen LogP contribution >= 0.6 is 11.6 Å². The normalized spacial score (nSPS) is 11.4. The molecule has 3 amide bonds. The number of halogens is 4. The third-order valence-electron chi connectivity index (χ3n) is 5.03. The van der Waals surface area contributed by atoms with Crippen LogP contribution in [-0.2, 0) is 10.9 Å². The molecular weight excluding hydrogens is 527 g/mol. The number of urea groups is 1. The van der Waals surface area contributed by atoms with Crippen LogP contribution in [0.15, 0.2) is 55.1 Å². The second-order valence-electron chi connectivity index (χ2n) is 8.44. The summed E-state index contributed by atoms with van der Waals surface area (Å²) in [7, 11) is 0. The van der Waals surface area contributed by atoms with Gasteiger partial charge in [-0.3, -0.25) is 9.88 Å². The highest BCUT2D eigenvalue weighted by Gasteiger charge is 2.33. The average molecular weight is 548 g/mol. The Bertz CT molecular complexity index is 1470. The highest BCUT2D eigenvalue weighted by Crippen LogP contribution is 2.36. The van der Waals surface area contributed by atoms with E-state index in [2.05, 4.69) is 30.9 Å². The fourth-order valence-electron chi connectivity index (χ4n) is 3.31. The fraction of sp³-hybridized carbons (Fsp3) is 0.208. The molecule has 198 valence electrons. The van der Waals surface area contributed by atoms with Crippen molar-refractivity contribution in [3.8, 4) is 5.69 Å². The minimum Gasteiger partial charge on any atom is -0.449 e. The molecule has 14 heteroatoms. The van der Waals surface area contributed by atoms with Crippen LogP contribution in [0.25, 0.3) is 16.9 Å². The minimum absolute atomic E-state index is 0.0714. The zero-order valence-electron chi connectivity index (χ0n) is 20.0. The second-order valence-corrected chi connectivity index (χ2v) is 8.85. The van der Waals surface area contributed by atoms with Gasteiger partial charge in [-0.15, -0.1) is 0 Å². The fourth-order valence-corrected chi connectivity index (χ4v) is 3.53. The highest BCUT2D eigenvalue weighted by atomic mass is 35.5. The highest BCUT2D eigenvalue weighted by molar-refractivity contribution is 6.31. The predicted molar refractivity (Wildman–Crippen MR) is 136 cm³/mol. The third-order valence-corrected chi connectivity index (χ3v) is 5.36. The van der Waals surface area contributed by atoms with Crippen molar-refractivity contribution in [1.29, 1.82) is 0 Å². The summed E-state index contributed by atoms with van der Waals surface area (Å²) in [5, 5.41) is 6.99. The van der Waals surface area contributed by atoms with Crippen molar-refractivity contribution in [3.63, 3.8) is 0 Å². The van der Waals surface area contributed by atoms with Crippen molar-refractivity contribution in [2.45, 2.75) is 20.0 Å². The molecule has 0 atom stereocenters. The van der Waals surface area contributed by atoms with Gasteiger partial charge in [-0.05, 0) is 48.4 Å². The van der Waals surface area contributed by atoms with Gasteiger partial charge in [0, 0.05) is 17.1 Å². The number of rotatable bonds is 6. The summed E-state index contributed by atoms with van der Waals surface area (Å²) in [4.78, 5) is 36.9. The molecule has 0 aliphatic rings. The van der Waals surface area contributed by atoms with Gasteiger partial charge in [0.1, 0.15) is 12.7 Å². The van der Waals surface area contributed by atoms with Crippen molar-refractivity contribution >= 4 is 52.1 Å². The zero-order valence-corrected chi connectivity index (χ0v) is 20.8. The first-order chi connectivity index (χ1) is 18.0. The Labute approximate surface area is 219 Å².